The summed E-state index contributed by atoms with van der Waals surface area (Å²) in [7, 11) is 0. The smallest absolute Gasteiger partial charge is 0.332 e. The van der Waals surface area contributed by atoms with Crippen molar-refractivity contribution in [2.45, 2.75) is 49.5 Å². The Hall–Kier alpha value is -2.02. The van der Waals surface area contributed by atoms with E-state index >= 15 is 0 Å². The summed E-state index contributed by atoms with van der Waals surface area (Å²) < 4.78 is 0. The summed E-state index contributed by atoms with van der Waals surface area (Å²) in [6, 6.07) is 5.92. The van der Waals surface area contributed by atoms with Crippen LogP contribution >= 0.6 is 11.8 Å². The molecule has 0 aromatic heterocycles. The number of hydrogen-bond donors (Lipinski definition) is 1. The Morgan fingerprint density at radius 2 is 1.88 bits per heavy atom. The molecular formula is C19H24N2O4S. The molecule has 1 aromatic rings. The molecule has 1 N–H and O–H groups in total. The van der Waals surface area contributed by atoms with E-state index in [1.165, 1.54) is 28.0 Å². The average Bonchev–Trinajstić information content (AvgIpc) is 2.86. The van der Waals surface area contributed by atoms with Gasteiger partial charge in [-0.15, -0.1) is 11.8 Å². The van der Waals surface area contributed by atoms with E-state index in [1.807, 2.05) is 18.4 Å². The van der Waals surface area contributed by atoms with Crippen molar-refractivity contribution in [1.29, 1.82) is 0 Å². The van der Waals surface area contributed by atoms with E-state index in [-0.39, 0.29) is 6.42 Å². The highest BCUT2D eigenvalue weighted by molar-refractivity contribution is 7.98. The first kappa shape index (κ1) is 18.8. The van der Waals surface area contributed by atoms with Gasteiger partial charge in [-0.25, -0.2) is 9.69 Å². The molecule has 6 nitrogen and oxygen atoms in total. The minimum absolute atomic E-state index is 0.340. The third-order valence-electron chi connectivity index (χ3n) is 5.19. The predicted octanol–water partition coefficient (Wildman–Crippen LogP) is 3.60. The Labute approximate surface area is 157 Å². The predicted molar refractivity (Wildman–Crippen MR) is 100 cm³/mol. The summed E-state index contributed by atoms with van der Waals surface area (Å²) in [5.41, 5.74) is 0.538. The van der Waals surface area contributed by atoms with E-state index in [1.54, 1.807) is 12.1 Å². The Morgan fingerprint density at radius 1 is 1.19 bits per heavy atom. The number of rotatable bonds is 6. The van der Waals surface area contributed by atoms with Crippen LogP contribution < -0.4 is 4.90 Å². The fourth-order valence-electron chi connectivity index (χ4n) is 3.89. The molecule has 1 aliphatic heterocycles. The zero-order valence-corrected chi connectivity index (χ0v) is 15.7. The minimum Gasteiger partial charge on any atom is -0.481 e. The number of carboxylic acids is 1. The van der Waals surface area contributed by atoms with Crippen molar-refractivity contribution < 1.29 is 19.5 Å². The van der Waals surface area contributed by atoms with Gasteiger partial charge in [0.1, 0.15) is 6.04 Å². The minimum atomic E-state index is -1.07. The molecule has 1 heterocycles. The van der Waals surface area contributed by atoms with Gasteiger partial charge in [0, 0.05) is 11.4 Å². The number of para-hydroxylation sites is 1. The zero-order valence-electron chi connectivity index (χ0n) is 14.9. The molecule has 2 fully saturated rings. The van der Waals surface area contributed by atoms with Crippen LogP contribution in [0.25, 0.3) is 0 Å². The molecule has 3 amide bonds. The third-order valence-corrected chi connectivity index (χ3v) is 5.98. The fraction of sp³-hybridized carbons (Fsp3) is 0.526. The largest absolute Gasteiger partial charge is 0.481 e. The number of hydrogen-bond acceptors (Lipinski definition) is 4. The van der Waals surface area contributed by atoms with Crippen LogP contribution in [0.1, 0.15) is 38.5 Å². The quantitative estimate of drug-likeness (QED) is 0.606. The molecule has 140 valence electrons. The zero-order chi connectivity index (χ0) is 18.7. The molecule has 1 saturated carbocycles. The molecule has 3 rings (SSSR count). The monoisotopic (exact) mass is 376 g/mol. The Kier molecular flexibility index (Phi) is 5.86. The van der Waals surface area contributed by atoms with Gasteiger partial charge in [0.25, 0.3) is 5.91 Å². The second-order valence-corrected chi connectivity index (χ2v) is 7.75. The van der Waals surface area contributed by atoms with Crippen LogP contribution in [0.5, 0.6) is 0 Å². The van der Waals surface area contributed by atoms with Crippen LogP contribution in [0.4, 0.5) is 10.5 Å². The highest BCUT2D eigenvalue weighted by atomic mass is 32.2. The first-order valence-corrected chi connectivity index (χ1v) is 10.2. The highest BCUT2D eigenvalue weighted by Crippen LogP contribution is 2.35. The molecule has 1 atom stereocenters. The number of carbonyl (C=O) groups is 3. The summed E-state index contributed by atoms with van der Waals surface area (Å²) in [5.74, 6) is -1.16. The standard InChI is InChI=1S/C19H24N2O4S/c1-26-16-10-6-5-9-14(16)21-18(24)15(11-17(22)23)20(19(21)25)12-13-7-3-2-4-8-13/h5-6,9-10,13,15H,2-4,7-8,11-12H2,1H3,(H,22,23)/t15-/m0/s1. The molecule has 0 bridgehead atoms. The third kappa shape index (κ3) is 3.72. The molecular weight excluding hydrogens is 352 g/mol. The van der Waals surface area contributed by atoms with Gasteiger partial charge in [-0.3, -0.25) is 9.59 Å². The lowest BCUT2D eigenvalue weighted by Gasteiger charge is -2.28. The number of carbonyl (C=O) groups excluding carboxylic acids is 2. The topological polar surface area (TPSA) is 77.9 Å². The molecule has 26 heavy (non-hydrogen) atoms. The number of thioether (sulfide) groups is 1. The number of benzene rings is 1. The molecule has 1 saturated heterocycles. The van der Waals surface area contributed by atoms with Gasteiger partial charge < -0.3 is 10.0 Å². The van der Waals surface area contributed by atoms with E-state index in [0.717, 1.165) is 30.6 Å². The second kappa shape index (κ2) is 8.12. The van der Waals surface area contributed by atoms with Crippen molar-refractivity contribution in [3.8, 4) is 0 Å². The highest BCUT2D eigenvalue weighted by Gasteiger charge is 2.47. The number of nitrogens with zero attached hydrogens (tertiary/aromatic N) is 2. The number of urea groups is 1. The van der Waals surface area contributed by atoms with E-state index < -0.39 is 23.9 Å². The van der Waals surface area contributed by atoms with Gasteiger partial charge in [0.2, 0.25) is 0 Å². The molecule has 0 unspecified atom stereocenters. The maximum absolute atomic E-state index is 13.1. The maximum atomic E-state index is 13.1. The van der Waals surface area contributed by atoms with Crippen LogP contribution in [-0.4, -0.2) is 46.8 Å². The normalized spacial score (nSPS) is 21.5. The first-order chi connectivity index (χ1) is 12.5. The Bertz CT molecular complexity index is 703. The van der Waals surface area contributed by atoms with Crippen molar-refractivity contribution in [3.05, 3.63) is 24.3 Å². The van der Waals surface area contributed by atoms with Crippen LogP contribution in [0.2, 0.25) is 0 Å². The van der Waals surface area contributed by atoms with Crippen molar-refractivity contribution >= 4 is 35.4 Å². The summed E-state index contributed by atoms with van der Waals surface area (Å²) >= 11 is 1.46. The average molecular weight is 376 g/mol. The number of anilines is 1. The van der Waals surface area contributed by atoms with Gasteiger partial charge in [-0.2, -0.15) is 0 Å². The number of imide groups is 1. The van der Waals surface area contributed by atoms with Crippen molar-refractivity contribution in [1.82, 2.24) is 4.90 Å². The van der Waals surface area contributed by atoms with Crippen LogP contribution in [0, 0.1) is 5.92 Å². The Morgan fingerprint density at radius 3 is 2.54 bits per heavy atom. The van der Waals surface area contributed by atoms with Gasteiger partial charge in [0.05, 0.1) is 12.1 Å². The van der Waals surface area contributed by atoms with Gasteiger partial charge in [-0.05, 0) is 37.1 Å². The van der Waals surface area contributed by atoms with Gasteiger partial charge in [-0.1, -0.05) is 31.4 Å². The summed E-state index contributed by atoms with van der Waals surface area (Å²) in [6.07, 6.45) is 7.05. The Balaban J connectivity index is 1.90. The number of aliphatic carboxylic acids is 1. The summed E-state index contributed by atoms with van der Waals surface area (Å²) in [5, 5.41) is 9.25. The van der Waals surface area contributed by atoms with Gasteiger partial charge in [0.15, 0.2) is 0 Å². The van der Waals surface area contributed by atoms with Crippen molar-refractivity contribution in [2.75, 3.05) is 17.7 Å². The maximum Gasteiger partial charge on any atom is 0.332 e. The summed E-state index contributed by atoms with van der Waals surface area (Å²) in [6.45, 7) is 0.459. The van der Waals surface area contributed by atoms with Crippen molar-refractivity contribution in [2.24, 2.45) is 5.92 Å². The fourth-order valence-corrected chi connectivity index (χ4v) is 4.47. The van der Waals surface area contributed by atoms with Crippen LogP contribution in [0.3, 0.4) is 0 Å². The lowest BCUT2D eigenvalue weighted by molar-refractivity contribution is -0.140. The SMILES string of the molecule is CSc1ccccc1N1C(=O)[C@H](CC(=O)O)N(CC2CCCCC2)C1=O. The lowest BCUT2D eigenvalue weighted by atomic mass is 9.88. The summed E-state index contributed by atoms with van der Waals surface area (Å²) in [4.78, 5) is 40.8. The molecule has 1 aliphatic carbocycles. The second-order valence-electron chi connectivity index (χ2n) is 6.90. The molecule has 0 spiro atoms. The first-order valence-electron chi connectivity index (χ1n) is 9.02. The van der Waals surface area contributed by atoms with Gasteiger partial charge >= 0.3 is 12.0 Å². The van der Waals surface area contributed by atoms with E-state index in [4.69, 9.17) is 0 Å². The van der Waals surface area contributed by atoms with E-state index in [2.05, 4.69) is 0 Å². The lowest BCUT2D eigenvalue weighted by Crippen LogP contribution is -2.40. The number of carboxylic acid groups (broad SMARTS) is 1. The van der Waals surface area contributed by atoms with E-state index in [0.29, 0.717) is 18.2 Å². The molecule has 7 heteroatoms. The van der Waals surface area contributed by atoms with Crippen LogP contribution in [-0.2, 0) is 9.59 Å². The van der Waals surface area contributed by atoms with Crippen molar-refractivity contribution in [3.63, 3.8) is 0 Å². The van der Waals surface area contributed by atoms with Crippen LogP contribution in [0.15, 0.2) is 29.2 Å². The molecule has 0 radical (unpaired) electrons. The number of amides is 3. The van der Waals surface area contributed by atoms with E-state index in [9.17, 15) is 19.5 Å². The molecule has 2 aliphatic rings. The molecule has 1 aromatic carbocycles.